The number of carbonyl (C=O) groups excluding carboxylic acids is 2. The number of amides is 1. The van der Waals surface area contributed by atoms with Crippen molar-refractivity contribution in [2.75, 3.05) is 19.7 Å². The molecule has 1 rings (SSSR count). The van der Waals surface area contributed by atoms with Crippen LogP contribution in [0.1, 0.15) is 40.5 Å². The molecule has 1 aliphatic heterocycles. The number of ether oxygens (including phenoxy) is 2. The quantitative estimate of drug-likeness (QED) is 0.792. The van der Waals surface area contributed by atoms with Crippen LogP contribution in [0.15, 0.2) is 0 Å². The van der Waals surface area contributed by atoms with E-state index in [9.17, 15) is 9.59 Å². The summed E-state index contributed by atoms with van der Waals surface area (Å²) in [7, 11) is 0. The minimum atomic E-state index is -0.507. The number of hydrazine groups is 1. The van der Waals surface area contributed by atoms with Gasteiger partial charge in [-0.1, -0.05) is 0 Å². The van der Waals surface area contributed by atoms with Gasteiger partial charge in [0, 0.05) is 13.1 Å². The van der Waals surface area contributed by atoms with Crippen LogP contribution in [0.5, 0.6) is 0 Å². The SMILES string of the molecule is CCOC(=O)C1CCN(NC(=O)OC(C)(C)C)CC1. The largest absolute Gasteiger partial charge is 0.466 e. The maximum atomic E-state index is 11.6. The number of hydrogen-bond acceptors (Lipinski definition) is 5. The first-order chi connectivity index (χ1) is 8.81. The van der Waals surface area contributed by atoms with Crippen LogP contribution in [-0.2, 0) is 14.3 Å². The highest BCUT2D eigenvalue weighted by molar-refractivity contribution is 5.72. The second kappa shape index (κ2) is 6.75. The van der Waals surface area contributed by atoms with Gasteiger partial charge in [0.15, 0.2) is 0 Å². The maximum Gasteiger partial charge on any atom is 0.422 e. The lowest BCUT2D eigenvalue weighted by molar-refractivity contribution is -0.149. The molecule has 0 aromatic carbocycles. The normalized spacial score (nSPS) is 17.9. The number of hydrogen-bond donors (Lipinski definition) is 1. The minimum absolute atomic E-state index is 0.0587. The number of nitrogens with zero attached hydrogens (tertiary/aromatic N) is 1. The second-order valence-electron chi connectivity index (χ2n) is 5.63. The molecule has 0 aromatic heterocycles. The number of nitrogens with one attached hydrogen (secondary N) is 1. The zero-order chi connectivity index (χ0) is 14.5. The lowest BCUT2D eigenvalue weighted by Gasteiger charge is -2.31. The highest BCUT2D eigenvalue weighted by atomic mass is 16.6. The number of rotatable bonds is 3. The third-order valence-corrected chi connectivity index (χ3v) is 2.76. The van der Waals surface area contributed by atoms with Crippen molar-refractivity contribution in [3.05, 3.63) is 0 Å². The molecule has 0 aliphatic carbocycles. The first-order valence-corrected chi connectivity index (χ1v) is 6.73. The molecule has 0 saturated carbocycles. The first-order valence-electron chi connectivity index (χ1n) is 6.73. The Kier molecular flexibility index (Phi) is 5.60. The highest BCUT2D eigenvalue weighted by Gasteiger charge is 2.27. The Balaban J connectivity index is 2.30. The Bertz CT molecular complexity index is 317. The summed E-state index contributed by atoms with van der Waals surface area (Å²) in [5.74, 6) is -0.198. The predicted molar refractivity (Wildman–Crippen MR) is 70.3 cm³/mol. The van der Waals surface area contributed by atoms with Crippen LogP contribution in [-0.4, -0.2) is 42.4 Å². The number of esters is 1. The summed E-state index contributed by atoms with van der Waals surface area (Å²) in [5.41, 5.74) is 2.18. The molecule has 1 aliphatic rings. The van der Waals surface area contributed by atoms with Crippen molar-refractivity contribution >= 4 is 12.1 Å². The fourth-order valence-electron chi connectivity index (χ4n) is 1.92. The van der Waals surface area contributed by atoms with Crippen molar-refractivity contribution < 1.29 is 19.1 Å². The van der Waals surface area contributed by atoms with Gasteiger partial charge in [0.05, 0.1) is 12.5 Å². The van der Waals surface area contributed by atoms with E-state index in [0.29, 0.717) is 32.5 Å². The van der Waals surface area contributed by atoms with Gasteiger partial charge in [-0.25, -0.2) is 9.80 Å². The van der Waals surface area contributed by atoms with E-state index in [2.05, 4.69) is 5.43 Å². The van der Waals surface area contributed by atoms with E-state index < -0.39 is 11.7 Å². The maximum absolute atomic E-state index is 11.6. The summed E-state index contributed by atoms with van der Waals surface area (Å²) in [6.07, 6.45) is 0.922. The third-order valence-electron chi connectivity index (χ3n) is 2.76. The zero-order valence-electron chi connectivity index (χ0n) is 12.2. The van der Waals surface area contributed by atoms with Crippen molar-refractivity contribution in [2.45, 2.75) is 46.1 Å². The fourth-order valence-corrected chi connectivity index (χ4v) is 1.92. The molecular formula is C13H24N2O4. The molecule has 1 saturated heterocycles. The molecule has 0 atom stereocenters. The average Bonchev–Trinajstić information content (AvgIpc) is 2.27. The smallest absolute Gasteiger partial charge is 0.422 e. The second-order valence-corrected chi connectivity index (χ2v) is 5.63. The van der Waals surface area contributed by atoms with Gasteiger partial charge in [-0.15, -0.1) is 0 Å². The van der Waals surface area contributed by atoms with Gasteiger partial charge >= 0.3 is 12.1 Å². The Morgan fingerprint density at radius 3 is 2.32 bits per heavy atom. The van der Waals surface area contributed by atoms with Gasteiger partial charge in [-0.3, -0.25) is 10.2 Å². The monoisotopic (exact) mass is 272 g/mol. The van der Waals surface area contributed by atoms with Crippen LogP contribution >= 0.6 is 0 Å². The minimum Gasteiger partial charge on any atom is -0.466 e. The van der Waals surface area contributed by atoms with E-state index in [-0.39, 0.29) is 11.9 Å². The molecule has 1 amide bonds. The van der Waals surface area contributed by atoms with Crippen molar-refractivity contribution in [2.24, 2.45) is 5.92 Å². The third kappa shape index (κ3) is 5.92. The van der Waals surface area contributed by atoms with E-state index in [4.69, 9.17) is 9.47 Å². The molecule has 19 heavy (non-hydrogen) atoms. The van der Waals surface area contributed by atoms with Crippen molar-refractivity contribution in [3.63, 3.8) is 0 Å². The fraction of sp³-hybridized carbons (Fsp3) is 0.846. The summed E-state index contributed by atoms with van der Waals surface area (Å²) in [6.45, 7) is 8.93. The lowest BCUT2D eigenvalue weighted by Crippen LogP contribution is -2.49. The first kappa shape index (κ1) is 15.8. The molecule has 1 heterocycles. The van der Waals surface area contributed by atoms with E-state index in [0.717, 1.165) is 0 Å². The average molecular weight is 272 g/mol. The Hall–Kier alpha value is -1.30. The van der Waals surface area contributed by atoms with E-state index in [1.54, 1.807) is 11.9 Å². The Labute approximate surface area is 114 Å². The lowest BCUT2D eigenvalue weighted by atomic mass is 9.98. The summed E-state index contributed by atoms with van der Waals surface area (Å²) in [6, 6.07) is 0. The van der Waals surface area contributed by atoms with Crippen LogP contribution in [0.4, 0.5) is 4.79 Å². The molecular weight excluding hydrogens is 248 g/mol. The van der Waals surface area contributed by atoms with E-state index >= 15 is 0 Å². The van der Waals surface area contributed by atoms with Gasteiger partial charge in [0.2, 0.25) is 0 Å². The van der Waals surface area contributed by atoms with Crippen LogP contribution in [0, 0.1) is 5.92 Å². The summed E-state index contributed by atoms with van der Waals surface area (Å²) < 4.78 is 10.2. The molecule has 0 spiro atoms. The summed E-state index contributed by atoms with van der Waals surface area (Å²) in [5, 5.41) is 1.78. The molecule has 6 heteroatoms. The van der Waals surface area contributed by atoms with Crippen molar-refractivity contribution in [1.82, 2.24) is 10.4 Å². The van der Waals surface area contributed by atoms with Crippen LogP contribution in [0.25, 0.3) is 0 Å². The molecule has 0 unspecified atom stereocenters. The molecule has 6 nitrogen and oxygen atoms in total. The Morgan fingerprint density at radius 2 is 1.84 bits per heavy atom. The van der Waals surface area contributed by atoms with Crippen LogP contribution in [0.2, 0.25) is 0 Å². The number of piperidine rings is 1. The molecule has 1 fully saturated rings. The molecule has 0 radical (unpaired) electrons. The van der Waals surface area contributed by atoms with Crippen LogP contribution in [0.3, 0.4) is 0 Å². The standard InChI is InChI=1S/C13H24N2O4/c1-5-18-11(16)10-6-8-15(9-7-10)14-12(17)19-13(2,3)4/h10H,5-9H2,1-4H3,(H,14,17). The van der Waals surface area contributed by atoms with Gasteiger partial charge in [0.25, 0.3) is 0 Å². The van der Waals surface area contributed by atoms with Crippen molar-refractivity contribution in [3.8, 4) is 0 Å². The Morgan fingerprint density at radius 1 is 1.26 bits per heavy atom. The molecule has 0 aromatic rings. The van der Waals surface area contributed by atoms with Gasteiger partial charge in [-0.05, 0) is 40.5 Å². The molecule has 110 valence electrons. The summed E-state index contributed by atoms with van der Waals surface area (Å²) in [4.78, 5) is 23.1. The predicted octanol–water partition coefficient (Wildman–Crippen LogP) is 1.70. The zero-order valence-corrected chi connectivity index (χ0v) is 12.2. The molecule has 1 N–H and O–H groups in total. The number of carbonyl (C=O) groups is 2. The van der Waals surface area contributed by atoms with Gasteiger partial charge < -0.3 is 9.47 Å². The van der Waals surface area contributed by atoms with Gasteiger partial charge in [0.1, 0.15) is 5.60 Å². The highest BCUT2D eigenvalue weighted by Crippen LogP contribution is 2.17. The molecule has 0 bridgehead atoms. The van der Waals surface area contributed by atoms with E-state index in [1.807, 2.05) is 20.8 Å². The topological polar surface area (TPSA) is 67.9 Å². The van der Waals surface area contributed by atoms with Crippen molar-refractivity contribution in [1.29, 1.82) is 0 Å². The van der Waals surface area contributed by atoms with Gasteiger partial charge in [-0.2, -0.15) is 0 Å². The van der Waals surface area contributed by atoms with E-state index in [1.165, 1.54) is 0 Å². The summed E-state index contributed by atoms with van der Waals surface area (Å²) >= 11 is 0. The van der Waals surface area contributed by atoms with Crippen LogP contribution < -0.4 is 5.43 Å².